The molecular formula is C12H15BFNO4S. The van der Waals surface area contributed by atoms with E-state index in [1.165, 1.54) is 23.9 Å². The van der Waals surface area contributed by atoms with Gasteiger partial charge < -0.3 is 20.1 Å². The number of amides is 1. The summed E-state index contributed by atoms with van der Waals surface area (Å²) in [5.74, 6) is -0.905. The summed E-state index contributed by atoms with van der Waals surface area (Å²) in [7, 11) is -1.26. The van der Waals surface area contributed by atoms with Crippen molar-refractivity contribution in [3.05, 3.63) is 29.1 Å². The van der Waals surface area contributed by atoms with E-state index in [1.54, 1.807) is 6.26 Å². The molecule has 1 heterocycles. The number of thioether (sulfide) groups is 1. The first-order chi connectivity index (χ1) is 9.56. The van der Waals surface area contributed by atoms with E-state index < -0.39 is 25.5 Å². The quantitative estimate of drug-likeness (QED) is 0.688. The lowest BCUT2D eigenvalue weighted by Gasteiger charge is -2.29. The van der Waals surface area contributed by atoms with Crippen molar-refractivity contribution >= 4 is 24.8 Å². The SMILES string of the molecule is CSCC(=O)N[C@H]1Cc2ccc(F)c(CO)c2OB1O. The van der Waals surface area contributed by atoms with Gasteiger partial charge in [0.2, 0.25) is 5.91 Å². The molecule has 20 heavy (non-hydrogen) atoms. The minimum absolute atomic E-state index is 0.0236. The number of fused-ring (bicyclic) bond motifs is 1. The zero-order valence-electron chi connectivity index (χ0n) is 10.9. The molecule has 0 fully saturated rings. The Balaban J connectivity index is 2.19. The van der Waals surface area contributed by atoms with Gasteiger partial charge >= 0.3 is 7.12 Å². The van der Waals surface area contributed by atoms with Gasteiger partial charge in [0.25, 0.3) is 0 Å². The van der Waals surface area contributed by atoms with Crippen molar-refractivity contribution in [2.75, 3.05) is 12.0 Å². The first-order valence-corrected chi connectivity index (χ1v) is 7.50. The number of carbonyl (C=O) groups excluding carboxylic acids is 1. The molecule has 0 saturated heterocycles. The summed E-state index contributed by atoms with van der Waals surface area (Å²) in [6, 6.07) is 2.77. The van der Waals surface area contributed by atoms with Crippen molar-refractivity contribution in [1.29, 1.82) is 0 Å². The van der Waals surface area contributed by atoms with Gasteiger partial charge in [0.15, 0.2) is 0 Å². The van der Waals surface area contributed by atoms with E-state index in [9.17, 15) is 14.2 Å². The third kappa shape index (κ3) is 3.08. The maximum atomic E-state index is 13.5. The van der Waals surface area contributed by atoms with Crippen LogP contribution in [-0.4, -0.2) is 41.1 Å². The number of aliphatic hydroxyl groups excluding tert-OH is 1. The molecule has 108 valence electrons. The van der Waals surface area contributed by atoms with Crippen LogP contribution in [0.4, 0.5) is 4.39 Å². The Morgan fingerprint density at radius 1 is 1.65 bits per heavy atom. The molecule has 1 amide bonds. The molecular weight excluding hydrogens is 284 g/mol. The third-order valence-electron chi connectivity index (χ3n) is 3.09. The average Bonchev–Trinajstić information content (AvgIpc) is 2.40. The molecule has 8 heteroatoms. The Hall–Kier alpha value is -1.25. The molecule has 1 aliphatic rings. The second-order valence-corrected chi connectivity index (χ2v) is 5.36. The summed E-state index contributed by atoms with van der Waals surface area (Å²) in [6.07, 6.45) is 2.13. The minimum Gasteiger partial charge on any atom is -0.534 e. The zero-order valence-corrected chi connectivity index (χ0v) is 11.7. The molecule has 1 aliphatic heterocycles. The van der Waals surface area contributed by atoms with Crippen LogP contribution in [0, 0.1) is 5.82 Å². The molecule has 0 aromatic heterocycles. The second-order valence-electron chi connectivity index (χ2n) is 4.49. The number of hydrogen-bond acceptors (Lipinski definition) is 5. The maximum absolute atomic E-state index is 13.5. The van der Waals surface area contributed by atoms with Crippen molar-refractivity contribution in [2.24, 2.45) is 0 Å². The van der Waals surface area contributed by atoms with E-state index in [2.05, 4.69) is 5.32 Å². The summed E-state index contributed by atoms with van der Waals surface area (Å²) in [5, 5.41) is 21.7. The first-order valence-electron chi connectivity index (χ1n) is 6.11. The van der Waals surface area contributed by atoms with Gasteiger partial charge in [-0.15, -0.1) is 0 Å². The Labute approximate surface area is 120 Å². The number of benzene rings is 1. The molecule has 1 atom stereocenters. The van der Waals surface area contributed by atoms with Crippen LogP contribution in [0.5, 0.6) is 5.75 Å². The molecule has 2 rings (SSSR count). The summed E-state index contributed by atoms with van der Waals surface area (Å²) < 4.78 is 18.8. The largest absolute Gasteiger partial charge is 0.547 e. The summed E-state index contributed by atoms with van der Waals surface area (Å²) in [4.78, 5) is 11.5. The minimum atomic E-state index is -1.26. The number of rotatable bonds is 4. The van der Waals surface area contributed by atoms with Gasteiger partial charge in [-0.3, -0.25) is 4.79 Å². The van der Waals surface area contributed by atoms with E-state index in [0.717, 1.165) is 0 Å². The molecule has 0 aliphatic carbocycles. The van der Waals surface area contributed by atoms with Crippen LogP contribution in [-0.2, 0) is 17.8 Å². The highest BCUT2D eigenvalue weighted by atomic mass is 32.2. The molecule has 0 saturated carbocycles. The Kier molecular flexibility index (Phi) is 4.90. The highest BCUT2D eigenvalue weighted by molar-refractivity contribution is 7.99. The molecule has 0 radical (unpaired) electrons. The van der Waals surface area contributed by atoms with Crippen LogP contribution >= 0.6 is 11.8 Å². The second kappa shape index (κ2) is 6.47. The van der Waals surface area contributed by atoms with Crippen molar-refractivity contribution < 1.29 is 24.0 Å². The molecule has 3 N–H and O–H groups in total. The summed E-state index contributed by atoms with van der Waals surface area (Å²) >= 11 is 1.38. The molecule has 1 aromatic rings. The van der Waals surface area contributed by atoms with Gasteiger partial charge in [0, 0.05) is 0 Å². The molecule has 0 bridgehead atoms. The summed E-state index contributed by atoms with van der Waals surface area (Å²) in [5.41, 5.74) is 0.672. The van der Waals surface area contributed by atoms with Crippen LogP contribution < -0.4 is 9.97 Å². The fourth-order valence-electron chi connectivity index (χ4n) is 2.15. The molecule has 0 unspecified atom stereocenters. The highest BCUT2D eigenvalue weighted by Crippen LogP contribution is 2.31. The van der Waals surface area contributed by atoms with Crippen molar-refractivity contribution in [1.82, 2.24) is 5.32 Å². The standard InChI is InChI=1S/C12H15BFNO4S/c1-20-6-11(17)15-10-4-7-2-3-9(14)8(5-16)12(7)19-13(10)18/h2-3,10,16,18H,4-6H2,1H3,(H,15,17)/t10-/m0/s1. The Morgan fingerprint density at radius 3 is 3.05 bits per heavy atom. The lowest BCUT2D eigenvalue weighted by Crippen LogP contribution is -2.53. The van der Waals surface area contributed by atoms with Gasteiger partial charge in [0.1, 0.15) is 11.6 Å². The van der Waals surface area contributed by atoms with Crippen LogP contribution in [0.2, 0.25) is 0 Å². The molecule has 5 nitrogen and oxygen atoms in total. The fourth-order valence-corrected chi connectivity index (χ4v) is 2.50. The average molecular weight is 299 g/mol. The molecule has 1 aromatic carbocycles. The van der Waals surface area contributed by atoms with E-state index in [4.69, 9.17) is 9.76 Å². The van der Waals surface area contributed by atoms with Gasteiger partial charge in [-0.2, -0.15) is 11.8 Å². The van der Waals surface area contributed by atoms with Gasteiger partial charge in [-0.05, 0) is 24.3 Å². The molecule has 0 spiro atoms. The number of nitrogens with one attached hydrogen (secondary N) is 1. The summed E-state index contributed by atoms with van der Waals surface area (Å²) in [6.45, 7) is -0.509. The lowest BCUT2D eigenvalue weighted by molar-refractivity contribution is -0.118. The first kappa shape index (κ1) is 15.1. The maximum Gasteiger partial charge on any atom is 0.547 e. The predicted octanol–water partition coefficient (Wildman–Crippen LogP) is 0.120. The van der Waals surface area contributed by atoms with Crippen LogP contribution in [0.1, 0.15) is 11.1 Å². The Bertz CT molecular complexity index is 516. The Morgan fingerprint density at radius 2 is 2.40 bits per heavy atom. The zero-order chi connectivity index (χ0) is 14.7. The lowest BCUT2D eigenvalue weighted by atomic mass is 9.72. The van der Waals surface area contributed by atoms with Crippen molar-refractivity contribution in [2.45, 2.75) is 19.0 Å². The van der Waals surface area contributed by atoms with Gasteiger partial charge in [-0.1, -0.05) is 6.07 Å². The number of hydrogen-bond donors (Lipinski definition) is 3. The van der Waals surface area contributed by atoms with E-state index in [-0.39, 0.29) is 17.2 Å². The highest BCUT2D eigenvalue weighted by Gasteiger charge is 2.37. The number of carbonyl (C=O) groups is 1. The van der Waals surface area contributed by atoms with Crippen molar-refractivity contribution in [3.63, 3.8) is 0 Å². The third-order valence-corrected chi connectivity index (χ3v) is 3.64. The number of aliphatic hydroxyl groups is 1. The monoisotopic (exact) mass is 299 g/mol. The predicted molar refractivity (Wildman–Crippen MR) is 74.9 cm³/mol. The van der Waals surface area contributed by atoms with E-state index in [0.29, 0.717) is 17.7 Å². The topological polar surface area (TPSA) is 78.8 Å². The van der Waals surface area contributed by atoms with Crippen LogP contribution in [0.3, 0.4) is 0 Å². The van der Waals surface area contributed by atoms with E-state index >= 15 is 0 Å². The fraction of sp³-hybridized carbons (Fsp3) is 0.417. The smallest absolute Gasteiger partial charge is 0.534 e. The van der Waals surface area contributed by atoms with Gasteiger partial charge in [0.05, 0.1) is 23.9 Å². The normalized spacial score (nSPS) is 17.4. The van der Waals surface area contributed by atoms with E-state index in [1.807, 2.05) is 0 Å². The number of halogens is 1. The van der Waals surface area contributed by atoms with Crippen LogP contribution in [0.25, 0.3) is 0 Å². The van der Waals surface area contributed by atoms with Crippen LogP contribution in [0.15, 0.2) is 12.1 Å². The van der Waals surface area contributed by atoms with Crippen molar-refractivity contribution in [3.8, 4) is 5.75 Å². The van der Waals surface area contributed by atoms with Gasteiger partial charge in [-0.25, -0.2) is 4.39 Å².